The fraction of sp³-hybridized carbons (Fsp3) is 0.476. The quantitative estimate of drug-likeness (QED) is 0.686. The fourth-order valence-electron chi connectivity index (χ4n) is 4.45. The number of anilines is 1. The lowest BCUT2D eigenvalue weighted by Gasteiger charge is -2.34. The molecule has 1 aliphatic carbocycles. The second-order valence-electron chi connectivity index (χ2n) is 7.66. The average molecular weight is 380 g/mol. The van der Waals surface area contributed by atoms with Gasteiger partial charge in [-0.25, -0.2) is 15.0 Å². The van der Waals surface area contributed by atoms with Gasteiger partial charge >= 0.3 is 0 Å². The van der Waals surface area contributed by atoms with Crippen LogP contribution in [0.4, 0.5) is 5.82 Å². The number of nitrogens with zero attached hydrogens (tertiary/aromatic N) is 5. The van der Waals surface area contributed by atoms with Crippen LogP contribution in [-0.4, -0.2) is 32.6 Å². The number of thiazole rings is 1. The van der Waals surface area contributed by atoms with Crippen LogP contribution in [0.1, 0.15) is 54.4 Å². The zero-order valence-electron chi connectivity index (χ0n) is 15.5. The summed E-state index contributed by atoms with van der Waals surface area (Å²) in [6.45, 7) is 2.90. The third kappa shape index (κ3) is 3.50. The summed E-state index contributed by atoms with van der Waals surface area (Å²) in [4.78, 5) is 16.6. The minimum Gasteiger partial charge on any atom is -0.356 e. The average Bonchev–Trinajstić information content (AvgIpc) is 3.40. The molecule has 1 aliphatic heterocycles. The Morgan fingerprint density at radius 2 is 2.07 bits per heavy atom. The molecule has 5 rings (SSSR count). The number of fused-ring (bicyclic) bond motifs is 1. The van der Waals surface area contributed by atoms with Crippen molar-refractivity contribution < 1.29 is 0 Å². The van der Waals surface area contributed by atoms with Crippen molar-refractivity contribution in [3.8, 4) is 0 Å². The van der Waals surface area contributed by atoms with E-state index in [9.17, 15) is 0 Å². The van der Waals surface area contributed by atoms with Crippen molar-refractivity contribution >= 4 is 17.2 Å². The predicted molar refractivity (Wildman–Crippen MR) is 109 cm³/mol. The van der Waals surface area contributed by atoms with Crippen LogP contribution in [0.25, 0.3) is 0 Å². The summed E-state index contributed by atoms with van der Waals surface area (Å²) in [7, 11) is 0. The van der Waals surface area contributed by atoms with Gasteiger partial charge in [0.05, 0.1) is 17.7 Å². The van der Waals surface area contributed by atoms with Gasteiger partial charge in [-0.05, 0) is 50.2 Å². The Morgan fingerprint density at radius 3 is 3.00 bits per heavy atom. The number of hydrogen-bond acceptors (Lipinski definition) is 5. The minimum absolute atomic E-state index is 0.449. The SMILES string of the molecule is c1cn(Cc2cscn2)c(C2CCCN(c3ccc4c(n3)CCCC4)C2)n1. The minimum atomic E-state index is 0.449. The van der Waals surface area contributed by atoms with Gasteiger partial charge in [-0.3, -0.25) is 0 Å². The second kappa shape index (κ2) is 7.43. The summed E-state index contributed by atoms with van der Waals surface area (Å²) in [5, 5.41) is 2.12. The number of pyridine rings is 1. The summed E-state index contributed by atoms with van der Waals surface area (Å²) in [5.74, 6) is 2.79. The molecule has 5 nitrogen and oxygen atoms in total. The van der Waals surface area contributed by atoms with Crippen LogP contribution in [0.5, 0.6) is 0 Å². The van der Waals surface area contributed by atoms with Gasteiger partial charge in [0.15, 0.2) is 0 Å². The van der Waals surface area contributed by atoms with Crippen molar-refractivity contribution in [2.75, 3.05) is 18.0 Å². The molecule has 0 aromatic carbocycles. The van der Waals surface area contributed by atoms with Crippen LogP contribution in [0, 0.1) is 0 Å². The third-order valence-electron chi connectivity index (χ3n) is 5.84. The van der Waals surface area contributed by atoms with E-state index in [1.807, 2.05) is 11.7 Å². The van der Waals surface area contributed by atoms with Crippen molar-refractivity contribution in [1.82, 2.24) is 19.5 Å². The van der Waals surface area contributed by atoms with E-state index in [0.717, 1.165) is 37.6 Å². The van der Waals surface area contributed by atoms with E-state index in [1.165, 1.54) is 49.2 Å². The summed E-state index contributed by atoms with van der Waals surface area (Å²) < 4.78 is 2.27. The van der Waals surface area contributed by atoms with Crippen LogP contribution < -0.4 is 4.90 Å². The molecular formula is C21H25N5S. The number of hydrogen-bond donors (Lipinski definition) is 0. The topological polar surface area (TPSA) is 46.8 Å². The molecular weight excluding hydrogens is 354 g/mol. The van der Waals surface area contributed by atoms with E-state index in [4.69, 9.17) is 9.97 Å². The van der Waals surface area contributed by atoms with Gasteiger partial charge in [-0.15, -0.1) is 11.3 Å². The van der Waals surface area contributed by atoms with Gasteiger partial charge < -0.3 is 9.47 Å². The molecule has 4 heterocycles. The molecule has 3 aromatic heterocycles. The summed E-state index contributed by atoms with van der Waals surface area (Å²) >= 11 is 1.65. The maximum atomic E-state index is 5.03. The number of aryl methyl sites for hydroxylation is 2. The van der Waals surface area contributed by atoms with E-state index in [-0.39, 0.29) is 0 Å². The first kappa shape index (κ1) is 16.9. The van der Waals surface area contributed by atoms with Gasteiger partial charge in [-0.2, -0.15) is 0 Å². The van der Waals surface area contributed by atoms with Crippen LogP contribution in [0.3, 0.4) is 0 Å². The van der Waals surface area contributed by atoms with Crippen molar-refractivity contribution in [2.24, 2.45) is 0 Å². The first-order chi connectivity index (χ1) is 13.4. The fourth-order valence-corrected chi connectivity index (χ4v) is 5.00. The molecule has 1 atom stereocenters. The molecule has 0 amide bonds. The molecule has 6 heteroatoms. The molecule has 3 aromatic rings. The first-order valence-electron chi connectivity index (χ1n) is 9.98. The van der Waals surface area contributed by atoms with Crippen molar-refractivity contribution in [2.45, 2.75) is 51.0 Å². The molecule has 27 heavy (non-hydrogen) atoms. The van der Waals surface area contributed by atoms with E-state index in [0.29, 0.717) is 5.92 Å². The molecule has 0 saturated carbocycles. The standard InChI is InChI=1S/C21H25N5S/c1-2-6-19-16(4-1)7-8-20(24-19)25-10-3-5-17(12-25)21-22-9-11-26(21)13-18-14-27-15-23-18/h7-9,11,14-15,17H,1-6,10,12-13H2. The lowest BCUT2D eigenvalue weighted by Crippen LogP contribution is -2.36. The number of aromatic nitrogens is 4. The summed E-state index contributed by atoms with van der Waals surface area (Å²) in [6.07, 6.45) is 11.3. The van der Waals surface area contributed by atoms with Crippen molar-refractivity contribution in [1.29, 1.82) is 0 Å². The Bertz CT molecular complexity index is 901. The number of piperidine rings is 1. The van der Waals surface area contributed by atoms with E-state index >= 15 is 0 Å². The Hall–Kier alpha value is -2.21. The van der Waals surface area contributed by atoms with Gasteiger partial charge in [0.1, 0.15) is 11.6 Å². The predicted octanol–water partition coefficient (Wildman–Crippen LogP) is 4.05. The Morgan fingerprint density at radius 1 is 1.11 bits per heavy atom. The van der Waals surface area contributed by atoms with Gasteiger partial charge in [0.25, 0.3) is 0 Å². The molecule has 1 fully saturated rings. The Labute approximate surface area is 164 Å². The Kier molecular flexibility index (Phi) is 4.66. The second-order valence-corrected chi connectivity index (χ2v) is 8.38. The molecule has 140 valence electrons. The highest BCUT2D eigenvalue weighted by molar-refractivity contribution is 7.07. The molecule has 1 saturated heterocycles. The molecule has 0 spiro atoms. The highest BCUT2D eigenvalue weighted by Gasteiger charge is 2.26. The highest BCUT2D eigenvalue weighted by atomic mass is 32.1. The summed E-state index contributed by atoms with van der Waals surface area (Å²) in [6, 6.07) is 4.54. The van der Waals surface area contributed by atoms with Gasteiger partial charge in [-0.1, -0.05) is 6.07 Å². The van der Waals surface area contributed by atoms with E-state index in [1.54, 1.807) is 11.3 Å². The van der Waals surface area contributed by atoms with Gasteiger partial charge in [0.2, 0.25) is 0 Å². The third-order valence-corrected chi connectivity index (χ3v) is 6.47. The zero-order valence-corrected chi connectivity index (χ0v) is 16.4. The zero-order chi connectivity index (χ0) is 18.1. The molecule has 0 bridgehead atoms. The smallest absolute Gasteiger partial charge is 0.128 e. The lowest BCUT2D eigenvalue weighted by molar-refractivity contribution is 0.473. The Balaban J connectivity index is 1.35. The number of imidazole rings is 1. The van der Waals surface area contributed by atoms with Gasteiger partial charge in [0, 0.05) is 42.5 Å². The van der Waals surface area contributed by atoms with Crippen LogP contribution >= 0.6 is 11.3 Å². The normalized spacial score (nSPS) is 19.9. The van der Waals surface area contributed by atoms with E-state index in [2.05, 4.69) is 38.2 Å². The monoisotopic (exact) mass is 379 g/mol. The first-order valence-corrected chi connectivity index (χ1v) is 10.9. The molecule has 0 N–H and O–H groups in total. The molecule has 1 unspecified atom stereocenters. The largest absolute Gasteiger partial charge is 0.356 e. The van der Waals surface area contributed by atoms with Crippen LogP contribution in [0.2, 0.25) is 0 Å². The van der Waals surface area contributed by atoms with E-state index < -0.39 is 0 Å². The van der Waals surface area contributed by atoms with Crippen LogP contribution in [0.15, 0.2) is 35.4 Å². The number of rotatable bonds is 4. The highest BCUT2D eigenvalue weighted by Crippen LogP contribution is 2.30. The van der Waals surface area contributed by atoms with Crippen molar-refractivity contribution in [3.05, 3.63) is 58.2 Å². The van der Waals surface area contributed by atoms with Crippen LogP contribution in [-0.2, 0) is 19.4 Å². The van der Waals surface area contributed by atoms with Crippen molar-refractivity contribution in [3.63, 3.8) is 0 Å². The maximum absolute atomic E-state index is 5.03. The molecule has 2 aliphatic rings. The summed E-state index contributed by atoms with van der Waals surface area (Å²) in [5.41, 5.74) is 5.79. The lowest BCUT2D eigenvalue weighted by atomic mass is 9.95. The maximum Gasteiger partial charge on any atom is 0.128 e. The molecule has 0 radical (unpaired) electrons.